The zero-order valence-corrected chi connectivity index (χ0v) is 19.1. The highest BCUT2D eigenvalue weighted by Gasteiger charge is 2.27. The standard InChI is InChI=1S/C26H19ClN4O4/c27-16-7-15(21-19(10-16)29-12-30-25(21)33)11-31-20-9-14-4-1-3-13(14)8-18(20)22(23(31)26(34)35)17-5-2-6-28-24(17)32/h2,5-10,12H,1,3-4,11H2,(H,28,32)(H,34,35)(H,29,30,33). The second-order valence-electron chi connectivity index (χ2n) is 8.71. The van der Waals surface area contributed by atoms with Crippen molar-refractivity contribution in [1.29, 1.82) is 0 Å². The van der Waals surface area contributed by atoms with E-state index in [0.29, 0.717) is 38.0 Å². The summed E-state index contributed by atoms with van der Waals surface area (Å²) >= 11 is 6.34. The van der Waals surface area contributed by atoms with E-state index in [-0.39, 0.29) is 28.9 Å². The third kappa shape index (κ3) is 3.37. The summed E-state index contributed by atoms with van der Waals surface area (Å²) in [6.45, 7) is 0.0630. The molecule has 0 saturated carbocycles. The van der Waals surface area contributed by atoms with Gasteiger partial charge in [-0.1, -0.05) is 11.6 Å². The molecular formula is C26H19ClN4O4. The largest absolute Gasteiger partial charge is 0.477 e. The van der Waals surface area contributed by atoms with E-state index in [4.69, 9.17) is 11.6 Å². The Hall–Kier alpha value is -4.17. The number of benzene rings is 2. The molecule has 9 heteroatoms. The molecule has 35 heavy (non-hydrogen) atoms. The van der Waals surface area contributed by atoms with Gasteiger partial charge in [-0.3, -0.25) is 9.59 Å². The van der Waals surface area contributed by atoms with Crippen LogP contribution in [0.5, 0.6) is 0 Å². The summed E-state index contributed by atoms with van der Waals surface area (Å²) in [7, 11) is 0. The van der Waals surface area contributed by atoms with Gasteiger partial charge in [-0.05, 0) is 72.4 Å². The van der Waals surface area contributed by atoms with Gasteiger partial charge in [0.15, 0.2) is 0 Å². The number of nitrogens with one attached hydrogen (secondary N) is 2. The summed E-state index contributed by atoms with van der Waals surface area (Å²) in [5, 5.41) is 11.8. The van der Waals surface area contributed by atoms with Gasteiger partial charge in [-0.2, -0.15) is 0 Å². The van der Waals surface area contributed by atoms with Crippen LogP contribution in [0.1, 0.15) is 33.6 Å². The van der Waals surface area contributed by atoms with Crippen molar-refractivity contribution in [3.63, 3.8) is 0 Å². The van der Waals surface area contributed by atoms with Crippen LogP contribution in [0.4, 0.5) is 0 Å². The molecule has 0 bridgehead atoms. The second kappa shape index (κ2) is 7.95. The SMILES string of the molecule is O=C(O)c1c(-c2ccc[nH]c2=O)c2cc3c(cc2n1Cc1cc(Cl)cc2nc[nH]c(=O)c12)CCC3. The molecule has 3 aromatic heterocycles. The van der Waals surface area contributed by atoms with Crippen molar-refractivity contribution < 1.29 is 9.90 Å². The molecule has 0 unspecified atom stereocenters. The Balaban J connectivity index is 1.72. The Bertz CT molecular complexity index is 1800. The zero-order valence-electron chi connectivity index (χ0n) is 18.4. The van der Waals surface area contributed by atoms with Crippen molar-refractivity contribution >= 4 is 39.4 Å². The van der Waals surface area contributed by atoms with Gasteiger partial charge in [-0.25, -0.2) is 9.78 Å². The van der Waals surface area contributed by atoms with Crippen molar-refractivity contribution in [2.75, 3.05) is 0 Å². The van der Waals surface area contributed by atoms with Crippen LogP contribution in [-0.4, -0.2) is 30.6 Å². The first-order valence-corrected chi connectivity index (χ1v) is 11.6. The second-order valence-corrected chi connectivity index (χ2v) is 9.15. The van der Waals surface area contributed by atoms with Crippen molar-refractivity contribution in [3.05, 3.63) is 97.0 Å². The predicted octanol–water partition coefficient (Wildman–Crippen LogP) is 4.12. The number of aromatic carboxylic acids is 1. The van der Waals surface area contributed by atoms with Gasteiger partial charge in [0.1, 0.15) is 5.69 Å². The minimum Gasteiger partial charge on any atom is -0.477 e. The number of carboxylic acid groups (broad SMARTS) is 1. The first kappa shape index (κ1) is 21.4. The molecule has 0 fully saturated rings. The molecule has 1 aliphatic carbocycles. The number of carboxylic acids is 1. The molecule has 3 heterocycles. The Labute approximate surface area is 202 Å². The van der Waals surface area contributed by atoms with Gasteiger partial charge in [-0.15, -0.1) is 0 Å². The Kier molecular flexibility index (Phi) is 4.86. The van der Waals surface area contributed by atoms with E-state index < -0.39 is 5.97 Å². The predicted molar refractivity (Wildman–Crippen MR) is 133 cm³/mol. The summed E-state index contributed by atoms with van der Waals surface area (Å²) in [6.07, 6.45) is 5.66. The fraction of sp³-hybridized carbons (Fsp3) is 0.154. The molecule has 3 N–H and O–H groups in total. The number of hydrogen-bond donors (Lipinski definition) is 3. The summed E-state index contributed by atoms with van der Waals surface area (Å²) in [5.74, 6) is -1.17. The molecule has 174 valence electrons. The Morgan fingerprint density at radius 2 is 1.89 bits per heavy atom. The molecule has 8 nitrogen and oxygen atoms in total. The lowest BCUT2D eigenvalue weighted by molar-refractivity contribution is 0.0687. The molecule has 0 saturated heterocycles. The number of H-pyrrole nitrogens is 2. The van der Waals surface area contributed by atoms with Crippen molar-refractivity contribution in [2.45, 2.75) is 25.8 Å². The average Bonchev–Trinajstić information content (AvgIpc) is 3.40. The van der Waals surface area contributed by atoms with E-state index in [9.17, 15) is 19.5 Å². The van der Waals surface area contributed by atoms with E-state index >= 15 is 0 Å². The molecule has 1 aliphatic rings. The minimum atomic E-state index is -1.17. The molecule has 0 radical (unpaired) electrons. The smallest absolute Gasteiger partial charge is 0.353 e. The van der Waals surface area contributed by atoms with Crippen molar-refractivity contribution in [3.8, 4) is 11.1 Å². The quantitative estimate of drug-likeness (QED) is 0.353. The van der Waals surface area contributed by atoms with Gasteiger partial charge in [0.2, 0.25) is 0 Å². The lowest BCUT2D eigenvalue weighted by atomic mass is 10.00. The maximum absolute atomic E-state index is 12.8. The highest BCUT2D eigenvalue weighted by atomic mass is 35.5. The summed E-state index contributed by atoms with van der Waals surface area (Å²) in [4.78, 5) is 47.6. The summed E-state index contributed by atoms with van der Waals surface area (Å²) in [5.41, 5.74) is 3.89. The fourth-order valence-electron chi connectivity index (χ4n) is 5.23. The van der Waals surface area contributed by atoms with Crippen LogP contribution in [0, 0.1) is 0 Å². The number of fused-ring (bicyclic) bond motifs is 3. The lowest BCUT2D eigenvalue weighted by Gasteiger charge is -2.12. The molecule has 6 rings (SSSR count). The molecular weight excluding hydrogens is 468 g/mol. The van der Waals surface area contributed by atoms with Gasteiger partial charge >= 0.3 is 5.97 Å². The fourth-order valence-corrected chi connectivity index (χ4v) is 5.47. The van der Waals surface area contributed by atoms with Crippen LogP contribution < -0.4 is 11.1 Å². The topological polar surface area (TPSA) is 121 Å². The molecule has 0 aliphatic heterocycles. The van der Waals surface area contributed by atoms with E-state index in [1.807, 2.05) is 12.1 Å². The number of carbonyl (C=O) groups is 1. The van der Waals surface area contributed by atoms with Gasteiger partial charge in [0, 0.05) is 39.8 Å². The third-order valence-electron chi connectivity index (χ3n) is 6.69. The monoisotopic (exact) mass is 486 g/mol. The highest BCUT2D eigenvalue weighted by molar-refractivity contribution is 6.31. The highest BCUT2D eigenvalue weighted by Crippen LogP contribution is 2.38. The number of aromatic amines is 2. The van der Waals surface area contributed by atoms with E-state index in [0.717, 1.165) is 30.4 Å². The van der Waals surface area contributed by atoms with Gasteiger partial charge < -0.3 is 19.6 Å². The lowest BCUT2D eigenvalue weighted by Crippen LogP contribution is -2.15. The van der Waals surface area contributed by atoms with Crippen molar-refractivity contribution in [1.82, 2.24) is 19.5 Å². The van der Waals surface area contributed by atoms with Crippen LogP contribution >= 0.6 is 11.6 Å². The van der Waals surface area contributed by atoms with Crippen LogP contribution in [0.15, 0.2) is 58.5 Å². The van der Waals surface area contributed by atoms with Crippen LogP contribution in [0.3, 0.4) is 0 Å². The maximum atomic E-state index is 12.8. The molecule has 2 aromatic carbocycles. The van der Waals surface area contributed by atoms with Crippen LogP contribution in [0.25, 0.3) is 32.9 Å². The number of aromatic nitrogens is 4. The number of halogens is 1. The first-order chi connectivity index (χ1) is 16.9. The van der Waals surface area contributed by atoms with Gasteiger partial charge in [0.05, 0.1) is 17.2 Å². The van der Waals surface area contributed by atoms with Crippen LogP contribution in [0.2, 0.25) is 5.02 Å². The number of hydrogen-bond acceptors (Lipinski definition) is 4. The maximum Gasteiger partial charge on any atom is 0.353 e. The molecule has 0 amide bonds. The van der Waals surface area contributed by atoms with E-state index in [1.54, 1.807) is 28.8 Å². The number of rotatable bonds is 4. The van der Waals surface area contributed by atoms with Crippen molar-refractivity contribution in [2.24, 2.45) is 0 Å². The first-order valence-electron chi connectivity index (χ1n) is 11.2. The summed E-state index contributed by atoms with van der Waals surface area (Å²) in [6, 6.07) is 10.6. The molecule has 0 spiro atoms. The number of aryl methyl sites for hydroxylation is 2. The number of pyridine rings is 1. The Morgan fingerprint density at radius 3 is 2.66 bits per heavy atom. The third-order valence-corrected chi connectivity index (χ3v) is 6.90. The summed E-state index contributed by atoms with van der Waals surface area (Å²) < 4.78 is 1.66. The zero-order chi connectivity index (χ0) is 24.3. The molecule has 0 atom stereocenters. The van der Waals surface area contributed by atoms with E-state index in [2.05, 4.69) is 15.0 Å². The number of nitrogens with zero attached hydrogens (tertiary/aromatic N) is 2. The normalized spacial score (nSPS) is 12.9. The molecule has 5 aromatic rings. The average molecular weight is 487 g/mol. The van der Waals surface area contributed by atoms with Gasteiger partial charge in [0.25, 0.3) is 11.1 Å². The Morgan fingerprint density at radius 1 is 1.09 bits per heavy atom. The van der Waals surface area contributed by atoms with Crippen LogP contribution in [-0.2, 0) is 19.4 Å². The van der Waals surface area contributed by atoms with E-state index in [1.165, 1.54) is 12.5 Å². The minimum absolute atomic E-state index is 0.0196.